The van der Waals surface area contributed by atoms with Crippen LogP contribution in [0, 0.1) is 17.3 Å². The van der Waals surface area contributed by atoms with Crippen LogP contribution >= 0.6 is 0 Å². The maximum atomic E-state index is 13.3. The first-order valence-corrected chi connectivity index (χ1v) is 13.2. The molecule has 2 bridgehead atoms. The zero-order chi connectivity index (χ0) is 24.2. The monoisotopic (exact) mass is 465 g/mol. The van der Waals surface area contributed by atoms with Crippen LogP contribution in [-0.2, 0) is 0 Å². The third kappa shape index (κ3) is 4.08. The highest BCUT2D eigenvalue weighted by molar-refractivity contribution is 5.88. The number of aromatic carboxylic acids is 1. The molecule has 0 radical (unpaired) electrons. The maximum Gasteiger partial charge on any atom is 0.360 e. The fourth-order valence-corrected chi connectivity index (χ4v) is 7.61. The fraction of sp³-hybridized carbons (Fsp3) is 0.679. The summed E-state index contributed by atoms with van der Waals surface area (Å²) in [4.78, 5) is 32.0. The molecule has 0 spiro atoms. The van der Waals surface area contributed by atoms with Crippen molar-refractivity contribution in [2.24, 2.45) is 17.3 Å². The molecule has 0 amide bonds. The van der Waals surface area contributed by atoms with Gasteiger partial charge in [-0.05, 0) is 81.3 Å². The lowest BCUT2D eigenvalue weighted by Crippen LogP contribution is -2.56. The van der Waals surface area contributed by atoms with Crippen molar-refractivity contribution in [1.29, 1.82) is 0 Å². The Morgan fingerprint density at radius 3 is 2.44 bits per heavy atom. The summed E-state index contributed by atoms with van der Waals surface area (Å²) in [7, 11) is 0. The standard InChI is InChI=1S/C28H39N3O3/c1-17-12-19(16-28(17,3)4)13-18(2)30-20-8-7-9-21(30)15-22(14-20)31-24-11-6-5-10-23(24)29-25(26(31)32)27(33)34/h5-6,10-11,17-22H,7-9,12-16H2,1-4H3,(H,33,34)/t17-,18+,19-,20-,21+,22+/m1/s1. The molecule has 2 aliphatic heterocycles. The SMILES string of the molecule is C[C@@H]1C[C@H](C[C@H](C)N2[C@@H]3CCC[C@H]2C[C@@H](n2c(=O)c(C(=O)O)nc4ccccc42)C3)CC1(C)C. The number of rotatable bonds is 5. The van der Waals surface area contributed by atoms with Crippen LogP contribution in [0.4, 0.5) is 0 Å². The molecule has 1 N–H and O–H groups in total. The van der Waals surface area contributed by atoms with E-state index >= 15 is 0 Å². The maximum absolute atomic E-state index is 13.3. The number of carboxylic acids is 1. The third-order valence-corrected chi connectivity index (χ3v) is 9.39. The molecule has 6 heteroatoms. The van der Waals surface area contributed by atoms with Crippen LogP contribution in [0.2, 0.25) is 0 Å². The van der Waals surface area contributed by atoms with Crippen molar-refractivity contribution in [3.05, 3.63) is 40.3 Å². The van der Waals surface area contributed by atoms with Crippen molar-refractivity contribution in [2.45, 2.75) is 103 Å². The second-order valence-corrected chi connectivity index (χ2v) is 12.0. The second kappa shape index (κ2) is 8.78. The van der Waals surface area contributed by atoms with Crippen LogP contribution in [0.15, 0.2) is 29.1 Å². The predicted octanol–water partition coefficient (Wildman–Crippen LogP) is 5.50. The van der Waals surface area contributed by atoms with Gasteiger partial charge in [-0.3, -0.25) is 9.69 Å². The molecule has 1 aliphatic carbocycles. The number of piperidine rings is 2. The number of hydrogen-bond acceptors (Lipinski definition) is 4. The van der Waals surface area contributed by atoms with E-state index < -0.39 is 11.5 Å². The van der Waals surface area contributed by atoms with Gasteiger partial charge in [0.25, 0.3) is 5.56 Å². The van der Waals surface area contributed by atoms with Crippen molar-refractivity contribution >= 4 is 17.0 Å². The van der Waals surface area contributed by atoms with E-state index in [4.69, 9.17) is 0 Å². The summed E-state index contributed by atoms with van der Waals surface area (Å²) in [6.45, 7) is 9.67. The number of para-hydroxylation sites is 2. The van der Waals surface area contributed by atoms with E-state index in [1.165, 1.54) is 25.7 Å². The Labute approximate surface area is 202 Å². The summed E-state index contributed by atoms with van der Waals surface area (Å²) in [5.74, 6) is 0.332. The lowest BCUT2D eigenvalue weighted by Gasteiger charge is -2.52. The first kappa shape index (κ1) is 23.5. The van der Waals surface area contributed by atoms with E-state index in [0.717, 1.165) is 43.0 Å². The van der Waals surface area contributed by atoms with Crippen LogP contribution in [0.1, 0.15) is 95.6 Å². The Morgan fingerprint density at radius 2 is 1.82 bits per heavy atom. The minimum atomic E-state index is -1.25. The van der Waals surface area contributed by atoms with Gasteiger partial charge in [0.05, 0.1) is 11.0 Å². The highest BCUT2D eigenvalue weighted by atomic mass is 16.4. The molecule has 2 saturated heterocycles. The summed E-state index contributed by atoms with van der Waals surface area (Å²) in [5, 5.41) is 9.63. The molecule has 1 aromatic heterocycles. The molecule has 184 valence electrons. The lowest BCUT2D eigenvalue weighted by atomic mass is 9.79. The van der Waals surface area contributed by atoms with Gasteiger partial charge in [0.1, 0.15) is 0 Å². The first-order valence-electron chi connectivity index (χ1n) is 13.2. The van der Waals surface area contributed by atoms with Crippen LogP contribution in [0.5, 0.6) is 0 Å². The summed E-state index contributed by atoms with van der Waals surface area (Å²) >= 11 is 0. The van der Waals surface area contributed by atoms with Gasteiger partial charge in [-0.2, -0.15) is 0 Å². The number of carbonyl (C=O) groups is 1. The predicted molar refractivity (Wildman–Crippen MR) is 134 cm³/mol. The molecule has 3 aliphatic rings. The first-order chi connectivity index (χ1) is 16.2. The largest absolute Gasteiger partial charge is 0.476 e. The van der Waals surface area contributed by atoms with Gasteiger partial charge in [0.2, 0.25) is 5.69 Å². The number of fused-ring (bicyclic) bond motifs is 3. The highest BCUT2D eigenvalue weighted by Gasteiger charge is 2.44. The summed E-state index contributed by atoms with van der Waals surface area (Å²) in [6, 6.07) is 8.93. The molecule has 2 aromatic rings. The van der Waals surface area contributed by atoms with E-state index in [9.17, 15) is 14.7 Å². The van der Waals surface area contributed by atoms with Crippen LogP contribution in [0.3, 0.4) is 0 Å². The van der Waals surface area contributed by atoms with Gasteiger partial charge in [0, 0.05) is 24.2 Å². The molecular formula is C28H39N3O3. The lowest BCUT2D eigenvalue weighted by molar-refractivity contribution is -0.0186. The van der Waals surface area contributed by atoms with E-state index in [1.54, 1.807) is 10.6 Å². The molecule has 1 saturated carbocycles. The van der Waals surface area contributed by atoms with E-state index in [1.807, 2.05) is 18.2 Å². The number of hydrogen-bond donors (Lipinski definition) is 1. The van der Waals surface area contributed by atoms with Crippen LogP contribution < -0.4 is 5.56 Å². The second-order valence-electron chi connectivity index (χ2n) is 12.0. The minimum Gasteiger partial charge on any atom is -0.476 e. The molecule has 3 fully saturated rings. The number of nitrogens with zero attached hydrogens (tertiary/aromatic N) is 3. The Bertz CT molecular complexity index is 1130. The van der Waals surface area contributed by atoms with Gasteiger partial charge in [0.15, 0.2) is 0 Å². The zero-order valence-corrected chi connectivity index (χ0v) is 21.0. The van der Waals surface area contributed by atoms with Crippen molar-refractivity contribution < 1.29 is 9.90 Å². The van der Waals surface area contributed by atoms with Crippen molar-refractivity contribution in [3.63, 3.8) is 0 Å². The number of aromatic nitrogens is 2. The molecular weight excluding hydrogens is 426 g/mol. The molecule has 6 atom stereocenters. The van der Waals surface area contributed by atoms with Crippen LogP contribution in [-0.4, -0.2) is 43.7 Å². The molecule has 3 heterocycles. The minimum absolute atomic E-state index is 0.0164. The van der Waals surface area contributed by atoms with E-state index in [-0.39, 0.29) is 11.7 Å². The number of benzene rings is 1. The van der Waals surface area contributed by atoms with Crippen LogP contribution in [0.25, 0.3) is 11.0 Å². The summed E-state index contributed by atoms with van der Waals surface area (Å²) in [5.41, 5.74) is 0.955. The Kier molecular flexibility index (Phi) is 6.07. The van der Waals surface area contributed by atoms with Gasteiger partial charge in [-0.25, -0.2) is 9.78 Å². The highest BCUT2D eigenvalue weighted by Crippen LogP contribution is 2.48. The number of carboxylic acid groups (broad SMARTS) is 1. The molecule has 5 rings (SSSR count). The van der Waals surface area contributed by atoms with Gasteiger partial charge < -0.3 is 9.67 Å². The zero-order valence-electron chi connectivity index (χ0n) is 21.0. The molecule has 1 aromatic carbocycles. The topological polar surface area (TPSA) is 75.4 Å². The average molecular weight is 466 g/mol. The van der Waals surface area contributed by atoms with Crippen molar-refractivity contribution in [3.8, 4) is 0 Å². The Hall–Kier alpha value is -2.21. The quantitative estimate of drug-likeness (QED) is 0.631. The Morgan fingerprint density at radius 1 is 1.15 bits per heavy atom. The van der Waals surface area contributed by atoms with Crippen molar-refractivity contribution in [2.75, 3.05) is 0 Å². The van der Waals surface area contributed by atoms with Gasteiger partial charge >= 0.3 is 5.97 Å². The van der Waals surface area contributed by atoms with E-state index in [2.05, 4.69) is 37.6 Å². The smallest absolute Gasteiger partial charge is 0.360 e. The average Bonchev–Trinajstić information content (AvgIpc) is 3.02. The van der Waals surface area contributed by atoms with Crippen molar-refractivity contribution in [1.82, 2.24) is 14.5 Å². The molecule has 6 nitrogen and oxygen atoms in total. The van der Waals surface area contributed by atoms with Gasteiger partial charge in [-0.1, -0.05) is 39.3 Å². The van der Waals surface area contributed by atoms with Gasteiger partial charge in [-0.15, -0.1) is 0 Å². The Balaban J connectivity index is 1.42. The normalized spacial score (nSPS) is 32.1. The summed E-state index contributed by atoms with van der Waals surface area (Å²) in [6.07, 6.45) is 9.28. The van der Waals surface area contributed by atoms with E-state index in [0.29, 0.717) is 29.1 Å². The molecule has 0 unspecified atom stereocenters. The summed E-state index contributed by atoms with van der Waals surface area (Å²) < 4.78 is 1.76. The third-order valence-electron chi connectivity index (χ3n) is 9.39. The fourth-order valence-electron chi connectivity index (χ4n) is 7.61. The molecule has 34 heavy (non-hydrogen) atoms.